The summed E-state index contributed by atoms with van der Waals surface area (Å²) in [6.45, 7) is 9.13. The van der Waals surface area contributed by atoms with Crippen molar-refractivity contribution < 1.29 is 14.6 Å². The molecule has 0 spiro atoms. The highest BCUT2D eigenvalue weighted by atomic mass is 16.7. The number of anilines is 1. The van der Waals surface area contributed by atoms with Gasteiger partial charge in [0.1, 0.15) is 0 Å². The predicted molar refractivity (Wildman–Crippen MR) is 102 cm³/mol. The summed E-state index contributed by atoms with van der Waals surface area (Å²) in [5.74, 6) is 1.48. The number of ether oxygens (including phenoxy) is 2. The summed E-state index contributed by atoms with van der Waals surface area (Å²) in [6.07, 6.45) is -0.517. The second kappa shape index (κ2) is 7.17. The smallest absolute Gasteiger partial charge is 0.231 e. The number of aryl methyl sites for hydroxylation is 1. The number of hydrogen-bond acceptors (Lipinski definition) is 5. The predicted octanol–water partition coefficient (Wildman–Crippen LogP) is 2.89. The summed E-state index contributed by atoms with van der Waals surface area (Å²) in [4.78, 5) is 4.78. The highest BCUT2D eigenvalue weighted by Gasteiger charge is 2.22. The van der Waals surface area contributed by atoms with E-state index in [1.54, 1.807) is 0 Å². The summed E-state index contributed by atoms with van der Waals surface area (Å²) in [5, 5.41) is 10.6. The van der Waals surface area contributed by atoms with Crippen molar-refractivity contribution in [1.82, 2.24) is 4.90 Å². The molecule has 0 bridgehead atoms. The van der Waals surface area contributed by atoms with Crippen LogP contribution < -0.4 is 14.4 Å². The highest BCUT2D eigenvalue weighted by Crippen LogP contribution is 2.34. The van der Waals surface area contributed by atoms with Crippen LogP contribution in [0.1, 0.15) is 22.8 Å². The molecule has 5 heteroatoms. The molecule has 1 saturated heterocycles. The summed E-state index contributed by atoms with van der Waals surface area (Å²) in [7, 11) is 0. The zero-order chi connectivity index (χ0) is 18.1. The third-order valence-electron chi connectivity index (χ3n) is 5.50. The van der Waals surface area contributed by atoms with Gasteiger partial charge in [-0.15, -0.1) is 0 Å². The average Bonchev–Trinajstić information content (AvgIpc) is 3.12. The maximum Gasteiger partial charge on any atom is 0.231 e. The van der Waals surface area contributed by atoms with E-state index < -0.39 is 6.10 Å². The molecule has 1 N–H and O–H groups in total. The Balaban J connectivity index is 1.35. The van der Waals surface area contributed by atoms with Crippen LogP contribution in [-0.4, -0.2) is 49.5 Å². The van der Waals surface area contributed by atoms with Gasteiger partial charge in [0.15, 0.2) is 11.5 Å². The first kappa shape index (κ1) is 17.2. The fourth-order valence-corrected chi connectivity index (χ4v) is 3.72. The Morgan fingerprint density at radius 1 is 1.00 bits per heavy atom. The number of piperazine rings is 1. The molecule has 2 heterocycles. The minimum Gasteiger partial charge on any atom is -0.454 e. The molecule has 0 aliphatic carbocycles. The SMILES string of the molecule is Cc1cccc(N2CCN(CC(O)c3ccc4c(c3)OCO4)CC2)c1C. The number of nitrogens with zero attached hydrogens (tertiary/aromatic N) is 2. The maximum absolute atomic E-state index is 10.6. The van der Waals surface area contributed by atoms with Crippen LogP contribution >= 0.6 is 0 Å². The average molecular weight is 354 g/mol. The quantitative estimate of drug-likeness (QED) is 0.915. The van der Waals surface area contributed by atoms with Crippen molar-refractivity contribution in [2.45, 2.75) is 20.0 Å². The number of aliphatic hydroxyl groups excluding tert-OH is 1. The van der Waals surface area contributed by atoms with Crippen molar-refractivity contribution in [1.29, 1.82) is 0 Å². The summed E-state index contributed by atoms with van der Waals surface area (Å²) in [5.41, 5.74) is 4.91. The number of hydrogen-bond donors (Lipinski definition) is 1. The molecule has 0 saturated carbocycles. The minimum absolute atomic E-state index is 0.259. The maximum atomic E-state index is 10.6. The van der Waals surface area contributed by atoms with E-state index in [9.17, 15) is 5.11 Å². The monoisotopic (exact) mass is 354 g/mol. The summed E-state index contributed by atoms with van der Waals surface area (Å²) in [6, 6.07) is 12.2. The lowest BCUT2D eigenvalue weighted by Gasteiger charge is -2.37. The van der Waals surface area contributed by atoms with Crippen LogP contribution in [0.15, 0.2) is 36.4 Å². The zero-order valence-electron chi connectivity index (χ0n) is 15.4. The largest absolute Gasteiger partial charge is 0.454 e. The number of benzene rings is 2. The Morgan fingerprint density at radius 2 is 1.77 bits per heavy atom. The van der Waals surface area contributed by atoms with E-state index in [1.807, 2.05) is 18.2 Å². The minimum atomic E-state index is -0.517. The van der Waals surface area contributed by atoms with E-state index in [-0.39, 0.29) is 6.79 Å². The van der Waals surface area contributed by atoms with Crippen molar-refractivity contribution in [3.63, 3.8) is 0 Å². The molecule has 2 aliphatic heterocycles. The van der Waals surface area contributed by atoms with Gasteiger partial charge in [0.05, 0.1) is 6.10 Å². The van der Waals surface area contributed by atoms with Gasteiger partial charge in [-0.3, -0.25) is 4.90 Å². The topological polar surface area (TPSA) is 45.2 Å². The van der Waals surface area contributed by atoms with Crippen molar-refractivity contribution >= 4 is 5.69 Å². The van der Waals surface area contributed by atoms with Gasteiger partial charge in [0.25, 0.3) is 0 Å². The highest BCUT2D eigenvalue weighted by molar-refractivity contribution is 5.56. The van der Waals surface area contributed by atoms with Crippen LogP contribution in [0.5, 0.6) is 11.5 Å². The molecule has 26 heavy (non-hydrogen) atoms. The van der Waals surface area contributed by atoms with Gasteiger partial charge in [0, 0.05) is 38.4 Å². The molecule has 5 nitrogen and oxygen atoms in total. The Kier molecular flexibility index (Phi) is 4.74. The van der Waals surface area contributed by atoms with Gasteiger partial charge in [-0.2, -0.15) is 0 Å². The Morgan fingerprint density at radius 3 is 2.58 bits per heavy atom. The van der Waals surface area contributed by atoms with E-state index in [1.165, 1.54) is 16.8 Å². The second-order valence-electron chi connectivity index (χ2n) is 7.14. The molecule has 2 aliphatic rings. The van der Waals surface area contributed by atoms with Gasteiger partial charge in [-0.25, -0.2) is 0 Å². The number of aliphatic hydroxyl groups is 1. The third-order valence-corrected chi connectivity index (χ3v) is 5.50. The van der Waals surface area contributed by atoms with Crippen molar-refractivity contribution in [2.75, 3.05) is 44.4 Å². The fraction of sp³-hybridized carbons (Fsp3) is 0.429. The molecule has 0 aromatic heterocycles. The van der Waals surface area contributed by atoms with E-state index >= 15 is 0 Å². The van der Waals surface area contributed by atoms with Gasteiger partial charge in [0.2, 0.25) is 6.79 Å². The molecule has 1 fully saturated rings. The van der Waals surface area contributed by atoms with Gasteiger partial charge in [-0.05, 0) is 48.7 Å². The normalized spacial score (nSPS) is 18.2. The number of β-amino-alcohol motifs (C(OH)–C–C–N with tert-alkyl or cyclic N) is 1. The van der Waals surface area contributed by atoms with Crippen molar-refractivity contribution in [3.05, 3.63) is 53.1 Å². The van der Waals surface area contributed by atoms with E-state index in [0.717, 1.165) is 43.2 Å². The van der Waals surface area contributed by atoms with E-state index in [2.05, 4.69) is 41.8 Å². The Labute approximate surface area is 154 Å². The van der Waals surface area contributed by atoms with Gasteiger partial charge < -0.3 is 19.5 Å². The van der Waals surface area contributed by atoms with Crippen molar-refractivity contribution in [2.24, 2.45) is 0 Å². The van der Waals surface area contributed by atoms with Crippen LogP contribution in [0.2, 0.25) is 0 Å². The lowest BCUT2D eigenvalue weighted by Crippen LogP contribution is -2.47. The first-order chi connectivity index (χ1) is 12.6. The molecular weight excluding hydrogens is 328 g/mol. The van der Waals surface area contributed by atoms with E-state index in [0.29, 0.717) is 6.54 Å². The fourth-order valence-electron chi connectivity index (χ4n) is 3.72. The third kappa shape index (κ3) is 3.37. The first-order valence-corrected chi connectivity index (χ1v) is 9.23. The Hall–Kier alpha value is -2.24. The lowest BCUT2D eigenvalue weighted by atomic mass is 10.1. The molecule has 2 aromatic carbocycles. The number of rotatable bonds is 4. The molecular formula is C21H26N2O3. The molecule has 138 valence electrons. The lowest BCUT2D eigenvalue weighted by molar-refractivity contribution is 0.109. The molecule has 0 radical (unpaired) electrons. The van der Waals surface area contributed by atoms with Crippen LogP contribution in [0.4, 0.5) is 5.69 Å². The molecule has 4 rings (SSSR count). The zero-order valence-corrected chi connectivity index (χ0v) is 15.4. The number of fused-ring (bicyclic) bond motifs is 1. The molecule has 2 aromatic rings. The van der Waals surface area contributed by atoms with Gasteiger partial charge >= 0.3 is 0 Å². The summed E-state index contributed by atoms with van der Waals surface area (Å²) < 4.78 is 10.7. The Bertz CT molecular complexity index is 785. The first-order valence-electron chi connectivity index (χ1n) is 9.23. The van der Waals surface area contributed by atoms with Crippen LogP contribution in [0.25, 0.3) is 0 Å². The molecule has 1 atom stereocenters. The standard InChI is InChI=1S/C21H26N2O3/c1-15-4-3-5-18(16(15)2)23-10-8-22(9-11-23)13-19(24)17-6-7-20-21(12-17)26-14-25-20/h3-7,12,19,24H,8-11,13-14H2,1-2H3. The van der Waals surface area contributed by atoms with E-state index in [4.69, 9.17) is 9.47 Å². The molecule has 0 amide bonds. The van der Waals surface area contributed by atoms with Gasteiger partial charge in [-0.1, -0.05) is 18.2 Å². The van der Waals surface area contributed by atoms with Crippen LogP contribution in [0.3, 0.4) is 0 Å². The second-order valence-corrected chi connectivity index (χ2v) is 7.14. The molecule has 1 unspecified atom stereocenters. The van der Waals surface area contributed by atoms with Crippen molar-refractivity contribution in [3.8, 4) is 11.5 Å². The summed E-state index contributed by atoms with van der Waals surface area (Å²) >= 11 is 0. The van der Waals surface area contributed by atoms with Crippen LogP contribution in [0, 0.1) is 13.8 Å². The van der Waals surface area contributed by atoms with Crippen LogP contribution in [-0.2, 0) is 0 Å².